The number of carbonyl (C=O) groups is 2. The number of rotatable bonds is 3. The Bertz CT molecular complexity index is 540. The molecule has 2 rings (SSSR count). The summed E-state index contributed by atoms with van der Waals surface area (Å²) in [5.41, 5.74) is -0.810. The molecular formula is C13H14BrNO3S. The van der Waals surface area contributed by atoms with Crippen LogP contribution in [-0.4, -0.2) is 35.0 Å². The second-order valence-electron chi connectivity index (χ2n) is 4.85. The lowest BCUT2D eigenvalue weighted by Gasteiger charge is -2.18. The number of aliphatic carboxylic acids is 1. The quantitative estimate of drug-likeness (QED) is 0.858. The smallest absolute Gasteiger partial charge is 0.311 e. The average Bonchev–Trinajstić information content (AvgIpc) is 2.94. The summed E-state index contributed by atoms with van der Waals surface area (Å²) >= 11 is 4.90. The van der Waals surface area contributed by atoms with E-state index in [9.17, 15) is 9.59 Å². The van der Waals surface area contributed by atoms with Gasteiger partial charge in [-0.3, -0.25) is 9.59 Å². The van der Waals surface area contributed by atoms with Gasteiger partial charge in [0.15, 0.2) is 0 Å². The summed E-state index contributed by atoms with van der Waals surface area (Å²) in [6.45, 7) is 2.46. The molecule has 0 spiro atoms. The van der Waals surface area contributed by atoms with E-state index in [0.717, 1.165) is 8.66 Å². The average molecular weight is 344 g/mol. The van der Waals surface area contributed by atoms with Crippen molar-refractivity contribution in [2.75, 3.05) is 13.1 Å². The molecule has 4 nitrogen and oxygen atoms in total. The third-order valence-electron chi connectivity index (χ3n) is 3.29. The largest absolute Gasteiger partial charge is 0.481 e. The van der Waals surface area contributed by atoms with Crippen LogP contribution in [0.1, 0.15) is 18.2 Å². The molecule has 0 radical (unpaired) electrons. The number of halogens is 1. The molecule has 0 saturated carbocycles. The highest BCUT2D eigenvalue weighted by Gasteiger charge is 2.41. The number of amides is 1. The van der Waals surface area contributed by atoms with Crippen molar-refractivity contribution in [2.24, 2.45) is 5.41 Å². The van der Waals surface area contributed by atoms with Gasteiger partial charge in [-0.2, -0.15) is 0 Å². The van der Waals surface area contributed by atoms with E-state index in [0.29, 0.717) is 13.0 Å². The van der Waals surface area contributed by atoms with Crippen molar-refractivity contribution in [1.82, 2.24) is 4.90 Å². The second-order valence-corrected chi connectivity index (χ2v) is 7.35. The molecule has 1 fully saturated rings. The molecule has 0 aromatic carbocycles. The van der Waals surface area contributed by atoms with Crippen LogP contribution in [0.25, 0.3) is 6.08 Å². The number of nitrogens with zero attached hydrogens (tertiary/aromatic N) is 1. The standard InChI is InChI=1S/C13H14BrNO3S/c1-13(12(17)18)6-7-15(8-13)11(16)5-3-9-2-4-10(14)19-9/h2-5H,6-8H2,1H3,(H,17,18)/b5-3+. The SMILES string of the molecule is CC1(C(=O)O)CCN(C(=O)/C=C/c2ccc(Br)s2)C1. The van der Waals surface area contributed by atoms with E-state index in [1.165, 1.54) is 6.08 Å². The van der Waals surface area contributed by atoms with Crippen molar-refractivity contribution >= 4 is 45.2 Å². The summed E-state index contributed by atoms with van der Waals surface area (Å²) in [6, 6.07) is 3.84. The molecule has 19 heavy (non-hydrogen) atoms. The molecule has 0 bridgehead atoms. The van der Waals surface area contributed by atoms with E-state index in [-0.39, 0.29) is 12.5 Å². The predicted molar refractivity (Wildman–Crippen MR) is 78.0 cm³/mol. The van der Waals surface area contributed by atoms with Crippen LogP contribution < -0.4 is 0 Å². The van der Waals surface area contributed by atoms with E-state index < -0.39 is 11.4 Å². The van der Waals surface area contributed by atoms with Crippen molar-refractivity contribution in [3.05, 3.63) is 26.9 Å². The van der Waals surface area contributed by atoms with Crippen LogP contribution in [0, 0.1) is 5.41 Å². The van der Waals surface area contributed by atoms with Gasteiger partial charge in [0.25, 0.3) is 0 Å². The van der Waals surface area contributed by atoms with Crippen LogP contribution in [0.3, 0.4) is 0 Å². The van der Waals surface area contributed by atoms with Crippen molar-refractivity contribution in [2.45, 2.75) is 13.3 Å². The monoisotopic (exact) mass is 343 g/mol. The third kappa shape index (κ3) is 3.25. The first-order valence-corrected chi connectivity index (χ1v) is 7.47. The van der Waals surface area contributed by atoms with Gasteiger partial charge in [-0.15, -0.1) is 11.3 Å². The summed E-state index contributed by atoms with van der Waals surface area (Å²) < 4.78 is 1.01. The van der Waals surface area contributed by atoms with Gasteiger partial charge in [0.2, 0.25) is 5.91 Å². The zero-order chi connectivity index (χ0) is 14.0. The molecule has 1 saturated heterocycles. The molecule has 1 aliphatic heterocycles. The number of hydrogen-bond acceptors (Lipinski definition) is 3. The fourth-order valence-electron chi connectivity index (χ4n) is 2.00. The lowest BCUT2D eigenvalue weighted by atomic mass is 9.90. The van der Waals surface area contributed by atoms with Gasteiger partial charge in [-0.25, -0.2) is 0 Å². The maximum atomic E-state index is 12.0. The molecule has 6 heteroatoms. The summed E-state index contributed by atoms with van der Waals surface area (Å²) in [5.74, 6) is -0.969. The van der Waals surface area contributed by atoms with Gasteiger partial charge in [-0.05, 0) is 47.5 Å². The Balaban J connectivity index is 1.99. The number of likely N-dealkylation sites (tertiary alicyclic amines) is 1. The van der Waals surface area contributed by atoms with E-state index in [4.69, 9.17) is 5.11 Å². The highest BCUT2D eigenvalue weighted by atomic mass is 79.9. The van der Waals surface area contributed by atoms with Gasteiger partial charge in [0.05, 0.1) is 9.20 Å². The van der Waals surface area contributed by atoms with Crippen LogP contribution in [0.5, 0.6) is 0 Å². The highest BCUT2D eigenvalue weighted by molar-refractivity contribution is 9.11. The first-order valence-electron chi connectivity index (χ1n) is 5.86. The molecule has 1 unspecified atom stereocenters. The van der Waals surface area contributed by atoms with Crippen LogP contribution >= 0.6 is 27.3 Å². The summed E-state index contributed by atoms with van der Waals surface area (Å²) in [4.78, 5) is 25.7. The molecule has 2 heterocycles. The molecule has 1 aromatic rings. The van der Waals surface area contributed by atoms with Gasteiger partial charge < -0.3 is 10.0 Å². The summed E-state index contributed by atoms with van der Waals surface area (Å²) in [6.07, 6.45) is 3.77. The van der Waals surface area contributed by atoms with E-state index >= 15 is 0 Å². The van der Waals surface area contributed by atoms with Crippen LogP contribution in [0.15, 0.2) is 22.0 Å². The van der Waals surface area contributed by atoms with Crippen LogP contribution in [0.4, 0.5) is 0 Å². The molecule has 1 aromatic heterocycles. The van der Waals surface area contributed by atoms with Crippen molar-refractivity contribution in [3.8, 4) is 0 Å². The number of carboxylic acids is 1. The molecule has 1 atom stereocenters. The van der Waals surface area contributed by atoms with Crippen LogP contribution in [0.2, 0.25) is 0 Å². The molecular weight excluding hydrogens is 330 g/mol. The molecule has 0 aliphatic carbocycles. The molecule has 1 N–H and O–H groups in total. The third-order valence-corrected chi connectivity index (χ3v) is 4.87. The number of hydrogen-bond donors (Lipinski definition) is 1. The Labute approximate surface area is 123 Å². The van der Waals surface area contributed by atoms with Gasteiger partial charge in [0, 0.05) is 24.0 Å². The first kappa shape index (κ1) is 14.3. The maximum Gasteiger partial charge on any atom is 0.311 e. The molecule has 102 valence electrons. The summed E-state index contributed by atoms with van der Waals surface area (Å²) in [5, 5.41) is 9.12. The number of carbonyl (C=O) groups excluding carboxylic acids is 1. The van der Waals surface area contributed by atoms with E-state index in [2.05, 4.69) is 15.9 Å². The zero-order valence-corrected chi connectivity index (χ0v) is 12.8. The number of thiophene rings is 1. The molecule has 1 aliphatic rings. The minimum absolute atomic E-state index is 0.130. The Morgan fingerprint density at radius 3 is 2.79 bits per heavy atom. The molecule has 1 amide bonds. The fourth-order valence-corrected chi connectivity index (χ4v) is 3.33. The zero-order valence-electron chi connectivity index (χ0n) is 10.4. The lowest BCUT2D eigenvalue weighted by Crippen LogP contribution is -2.34. The van der Waals surface area contributed by atoms with Crippen LogP contribution in [-0.2, 0) is 9.59 Å². The van der Waals surface area contributed by atoms with Crippen molar-refractivity contribution < 1.29 is 14.7 Å². The first-order chi connectivity index (χ1) is 8.90. The highest BCUT2D eigenvalue weighted by Crippen LogP contribution is 2.30. The maximum absolute atomic E-state index is 12.0. The Kier molecular flexibility index (Phi) is 4.10. The normalized spacial score (nSPS) is 23.2. The van der Waals surface area contributed by atoms with E-state index in [1.807, 2.05) is 12.1 Å². The minimum atomic E-state index is -0.839. The van der Waals surface area contributed by atoms with Crippen molar-refractivity contribution in [1.29, 1.82) is 0 Å². The van der Waals surface area contributed by atoms with Gasteiger partial charge in [-0.1, -0.05) is 0 Å². The Morgan fingerprint density at radius 2 is 2.26 bits per heavy atom. The minimum Gasteiger partial charge on any atom is -0.481 e. The lowest BCUT2D eigenvalue weighted by molar-refractivity contribution is -0.147. The Hall–Kier alpha value is -1.14. The predicted octanol–water partition coefficient (Wildman–Crippen LogP) is 2.85. The topological polar surface area (TPSA) is 57.6 Å². The van der Waals surface area contributed by atoms with Gasteiger partial charge >= 0.3 is 5.97 Å². The summed E-state index contributed by atoms with van der Waals surface area (Å²) in [7, 11) is 0. The Morgan fingerprint density at radius 1 is 1.53 bits per heavy atom. The fraction of sp³-hybridized carbons (Fsp3) is 0.385. The number of carboxylic acid groups (broad SMARTS) is 1. The second kappa shape index (κ2) is 5.46. The van der Waals surface area contributed by atoms with Gasteiger partial charge in [0.1, 0.15) is 0 Å². The van der Waals surface area contributed by atoms with E-state index in [1.54, 1.807) is 29.2 Å². The van der Waals surface area contributed by atoms with Crippen molar-refractivity contribution in [3.63, 3.8) is 0 Å².